The maximum Gasteiger partial charge on any atom is 0.0622 e. The third-order valence-electron chi connectivity index (χ3n) is 1.92. The first-order valence-electron chi connectivity index (χ1n) is 4.54. The van der Waals surface area contributed by atoms with E-state index in [4.69, 9.17) is 0 Å². The fraction of sp³-hybridized carbons (Fsp3) is 0.667. The molecule has 1 aromatic heterocycles. The summed E-state index contributed by atoms with van der Waals surface area (Å²) in [6.45, 7) is 3.19. The van der Waals surface area contributed by atoms with Gasteiger partial charge in [-0.25, -0.2) is 0 Å². The van der Waals surface area contributed by atoms with E-state index < -0.39 is 0 Å². The van der Waals surface area contributed by atoms with E-state index >= 15 is 0 Å². The van der Waals surface area contributed by atoms with Crippen molar-refractivity contribution < 1.29 is 0 Å². The van der Waals surface area contributed by atoms with E-state index in [1.807, 2.05) is 7.05 Å². The molecule has 68 valence electrons. The van der Waals surface area contributed by atoms with Gasteiger partial charge in [0.2, 0.25) is 0 Å². The Hall–Kier alpha value is -0.830. The topological polar surface area (TPSA) is 40.7 Å². The number of hydrogen-bond acceptors (Lipinski definition) is 2. The molecule has 0 aliphatic rings. The Labute approximate surface area is 73.6 Å². The summed E-state index contributed by atoms with van der Waals surface area (Å²) >= 11 is 0. The van der Waals surface area contributed by atoms with Crippen molar-refractivity contribution in [2.45, 2.75) is 26.2 Å². The number of hydrogen-bond donors (Lipinski definition) is 2. The van der Waals surface area contributed by atoms with Gasteiger partial charge in [-0.05, 0) is 38.9 Å². The molecule has 0 fully saturated rings. The lowest BCUT2D eigenvalue weighted by molar-refractivity contribution is 0.713. The minimum absolute atomic E-state index is 1.02. The van der Waals surface area contributed by atoms with Crippen LogP contribution in [0.25, 0.3) is 0 Å². The second-order valence-electron chi connectivity index (χ2n) is 2.95. The van der Waals surface area contributed by atoms with Crippen LogP contribution in [0.1, 0.15) is 24.7 Å². The van der Waals surface area contributed by atoms with E-state index in [0.29, 0.717) is 0 Å². The third kappa shape index (κ3) is 2.66. The highest BCUT2D eigenvalue weighted by molar-refractivity contribution is 5.08. The fourth-order valence-electron chi connectivity index (χ4n) is 1.17. The van der Waals surface area contributed by atoms with Crippen LogP contribution in [0.15, 0.2) is 6.07 Å². The zero-order valence-electron chi connectivity index (χ0n) is 7.85. The smallest absolute Gasteiger partial charge is 0.0622 e. The maximum atomic E-state index is 4.17. The van der Waals surface area contributed by atoms with Crippen molar-refractivity contribution in [3.05, 3.63) is 17.5 Å². The second-order valence-corrected chi connectivity index (χ2v) is 2.95. The van der Waals surface area contributed by atoms with Gasteiger partial charge >= 0.3 is 0 Å². The van der Waals surface area contributed by atoms with E-state index in [1.165, 1.54) is 12.1 Å². The molecule has 0 bridgehead atoms. The third-order valence-corrected chi connectivity index (χ3v) is 1.92. The van der Waals surface area contributed by atoms with Crippen molar-refractivity contribution in [2.75, 3.05) is 13.6 Å². The predicted octanol–water partition coefficient (Wildman–Crippen LogP) is 1.12. The number of rotatable bonds is 5. The SMILES string of the molecule is CCc1cc(CCCNC)[nH]n1. The molecule has 0 radical (unpaired) electrons. The van der Waals surface area contributed by atoms with E-state index in [1.54, 1.807) is 0 Å². The zero-order chi connectivity index (χ0) is 8.81. The normalized spacial score (nSPS) is 10.5. The van der Waals surface area contributed by atoms with E-state index in [2.05, 4.69) is 28.5 Å². The molecule has 0 unspecified atom stereocenters. The Morgan fingerprint density at radius 1 is 1.58 bits per heavy atom. The molecule has 0 spiro atoms. The summed E-state index contributed by atoms with van der Waals surface area (Å²) in [5.74, 6) is 0. The minimum atomic E-state index is 1.02. The van der Waals surface area contributed by atoms with Gasteiger partial charge in [0.1, 0.15) is 0 Å². The van der Waals surface area contributed by atoms with Crippen LogP contribution in [0.4, 0.5) is 0 Å². The Morgan fingerprint density at radius 3 is 3.00 bits per heavy atom. The lowest BCUT2D eigenvalue weighted by Crippen LogP contribution is -2.08. The summed E-state index contributed by atoms with van der Waals surface area (Å²) in [6.07, 6.45) is 3.28. The van der Waals surface area contributed by atoms with Crippen molar-refractivity contribution in [2.24, 2.45) is 0 Å². The van der Waals surface area contributed by atoms with Crippen LogP contribution in [0, 0.1) is 0 Å². The van der Waals surface area contributed by atoms with Crippen LogP contribution in [-0.2, 0) is 12.8 Å². The second kappa shape index (κ2) is 4.93. The van der Waals surface area contributed by atoms with Gasteiger partial charge in [0, 0.05) is 5.69 Å². The van der Waals surface area contributed by atoms with Crippen LogP contribution in [0.2, 0.25) is 0 Å². The number of nitrogens with zero attached hydrogens (tertiary/aromatic N) is 1. The van der Waals surface area contributed by atoms with Gasteiger partial charge in [-0.1, -0.05) is 6.92 Å². The highest BCUT2D eigenvalue weighted by atomic mass is 15.1. The quantitative estimate of drug-likeness (QED) is 0.645. The van der Waals surface area contributed by atoms with Gasteiger partial charge in [0.05, 0.1) is 5.69 Å². The average Bonchev–Trinajstić information content (AvgIpc) is 2.53. The van der Waals surface area contributed by atoms with Crippen molar-refractivity contribution in [3.8, 4) is 0 Å². The molecule has 0 aliphatic heterocycles. The molecule has 0 saturated carbocycles. The predicted molar refractivity (Wildman–Crippen MR) is 50.2 cm³/mol. The summed E-state index contributed by atoms with van der Waals surface area (Å²) < 4.78 is 0. The standard InChI is InChI=1S/C9H17N3/c1-3-8-7-9(12-11-8)5-4-6-10-2/h7,10H,3-6H2,1-2H3,(H,11,12). The Bertz CT molecular complexity index is 217. The lowest BCUT2D eigenvalue weighted by atomic mass is 10.2. The Balaban J connectivity index is 2.31. The van der Waals surface area contributed by atoms with E-state index in [9.17, 15) is 0 Å². The summed E-state index contributed by atoms with van der Waals surface area (Å²) in [5.41, 5.74) is 2.41. The Morgan fingerprint density at radius 2 is 2.42 bits per heavy atom. The number of aromatic nitrogens is 2. The number of nitrogens with one attached hydrogen (secondary N) is 2. The summed E-state index contributed by atoms with van der Waals surface area (Å²) in [7, 11) is 1.98. The van der Waals surface area contributed by atoms with Crippen LogP contribution < -0.4 is 5.32 Å². The van der Waals surface area contributed by atoms with Gasteiger partial charge in [-0.2, -0.15) is 5.10 Å². The van der Waals surface area contributed by atoms with Gasteiger partial charge in [-0.3, -0.25) is 5.10 Å². The first kappa shape index (κ1) is 9.26. The van der Waals surface area contributed by atoms with Crippen LogP contribution >= 0.6 is 0 Å². The van der Waals surface area contributed by atoms with Crippen LogP contribution in [0.3, 0.4) is 0 Å². The van der Waals surface area contributed by atoms with Crippen molar-refractivity contribution in [1.29, 1.82) is 0 Å². The molecule has 3 heteroatoms. The first-order valence-corrected chi connectivity index (χ1v) is 4.54. The molecular weight excluding hydrogens is 150 g/mol. The molecule has 2 N–H and O–H groups in total. The molecule has 3 nitrogen and oxygen atoms in total. The summed E-state index contributed by atoms with van der Waals surface area (Å²) in [5, 5.41) is 10.3. The maximum absolute atomic E-state index is 4.17. The molecule has 1 heterocycles. The highest BCUT2D eigenvalue weighted by Gasteiger charge is 1.97. The molecule has 0 aliphatic carbocycles. The van der Waals surface area contributed by atoms with Gasteiger partial charge in [-0.15, -0.1) is 0 Å². The van der Waals surface area contributed by atoms with Crippen molar-refractivity contribution >= 4 is 0 Å². The lowest BCUT2D eigenvalue weighted by Gasteiger charge is -1.95. The fourth-order valence-corrected chi connectivity index (χ4v) is 1.17. The van der Waals surface area contributed by atoms with Gasteiger partial charge < -0.3 is 5.32 Å². The largest absolute Gasteiger partial charge is 0.320 e. The number of aryl methyl sites for hydroxylation is 2. The molecule has 1 rings (SSSR count). The van der Waals surface area contributed by atoms with Gasteiger partial charge in [0.25, 0.3) is 0 Å². The average molecular weight is 167 g/mol. The first-order chi connectivity index (χ1) is 5.86. The number of H-pyrrole nitrogens is 1. The molecule has 0 atom stereocenters. The van der Waals surface area contributed by atoms with E-state index in [-0.39, 0.29) is 0 Å². The summed E-state index contributed by atoms with van der Waals surface area (Å²) in [4.78, 5) is 0. The zero-order valence-corrected chi connectivity index (χ0v) is 7.85. The van der Waals surface area contributed by atoms with Crippen molar-refractivity contribution in [1.82, 2.24) is 15.5 Å². The monoisotopic (exact) mass is 167 g/mol. The molecule has 12 heavy (non-hydrogen) atoms. The summed E-state index contributed by atoms with van der Waals surface area (Å²) in [6, 6.07) is 2.15. The molecule has 0 aromatic carbocycles. The number of aromatic amines is 1. The van der Waals surface area contributed by atoms with Crippen LogP contribution in [0.5, 0.6) is 0 Å². The Kier molecular flexibility index (Phi) is 3.80. The molecule has 0 amide bonds. The molecule has 0 saturated heterocycles. The molecule has 1 aromatic rings. The minimum Gasteiger partial charge on any atom is -0.320 e. The molecular formula is C9H17N3. The van der Waals surface area contributed by atoms with Crippen molar-refractivity contribution in [3.63, 3.8) is 0 Å². The van der Waals surface area contributed by atoms with Gasteiger partial charge in [0.15, 0.2) is 0 Å². The van der Waals surface area contributed by atoms with E-state index in [0.717, 1.165) is 25.1 Å². The van der Waals surface area contributed by atoms with Crippen LogP contribution in [-0.4, -0.2) is 23.8 Å². The highest BCUT2D eigenvalue weighted by Crippen LogP contribution is 2.02.